The molecule has 0 spiro atoms. The number of aromatic nitrogens is 1. The smallest absolute Gasteiger partial charge is 0.327 e. The summed E-state index contributed by atoms with van der Waals surface area (Å²) in [6.45, 7) is 2.81. The molecule has 6 rings (SSSR count). The zero-order valence-electron chi connectivity index (χ0n) is 29.6. The number of carbonyl (C=O) groups is 2. The van der Waals surface area contributed by atoms with Gasteiger partial charge >= 0.3 is 5.97 Å². The first-order chi connectivity index (χ1) is 25.5. The summed E-state index contributed by atoms with van der Waals surface area (Å²) in [5.41, 5.74) is 2.20. The molecule has 2 unspecified atom stereocenters. The van der Waals surface area contributed by atoms with Crippen LogP contribution in [0, 0.1) is 11.8 Å². The maximum Gasteiger partial charge on any atom is 0.327 e. The van der Waals surface area contributed by atoms with Gasteiger partial charge in [-0.1, -0.05) is 41.4 Å². The van der Waals surface area contributed by atoms with E-state index in [1.807, 2.05) is 12.1 Å². The number of benzene rings is 2. The van der Waals surface area contributed by atoms with Gasteiger partial charge in [-0.05, 0) is 111 Å². The predicted octanol–water partition coefficient (Wildman–Crippen LogP) is 5.54. The largest absolute Gasteiger partial charge is 0.544 e. The van der Waals surface area contributed by atoms with E-state index in [4.69, 9.17) is 37.4 Å². The Morgan fingerprint density at radius 2 is 1.72 bits per heavy atom. The van der Waals surface area contributed by atoms with Crippen LogP contribution < -0.4 is 24.6 Å². The number of aromatic hydroxyl groups is 1. The number of esters is 1. The molecule has 0 radical (unpaired) electrons. The van der Waals surface area contributed by atoms with E-state index >= 15 is 0 Å². The number of likely N-dealkylation sites (tertiary alicyclic amines) is 1. The summed E-state index contributed by atoms with van der Waals surface area (Å²) >= 11 is 14.2. The van der Waals surface area contributed by atoms with Crippen molar-refractivity contribution in [2.45, 2.75) is 50.6 Å². The predicted molar refractivity (Wildman–Crippen MR) is 198 cm³/mol. The number of rotatable bonds is 16. The number of thiophene rings is 1. The second-order valence-electron chi connectivity index (χ2n) is 13.8. The second kappa shape index (κ2) is 17.4. The molecule has 14 heteroatoms. The summed E-state index contributed by atoms with van der Waals surface area (Å²) in [5, 5.41) is 36.7. The number of carbonyl (C=O) groups excluding carboxylic acids is 2. The van der Waals surface area contributed by atoms with Crippen LogP contribution in [0.15, 0.2) is 60.9 Å². The van der Waals surface area contributed by atoms with E-state index in [9.17, 15) is 25.0 Å². The Balaban J connectivity index is 1.32. The highest BCUT2D eigenvalue weighted by atomic mass is 35.5. The number of methoxy groups -OCH3 is 1. The van der Waals surface area contributed by atoms with Gasteiger partial charge in [-0.15, -0.1) is 11.3 Å². The number of carboxylic acids is 1. The summed E-state index contributed by atoms with van der Waals surface area (Å²) in [4.78, 5) is 29.2. The molecule has 0 amide bonds. The molecule has 3 N–H and O–H groups in total. The number of aromatic carboxylic acids is 1. The molecule has 2 aromatic heterocycles. The Morgan fingerprint density at radius 1 is 1.00 bits per heavy atom. The minimum absolute atomic E-state index is 0.00205. The van der Waals surface area contributed by atoms with Gasteiger partial charge in [0.05, 0.1) is 31.2 Å². The number of nitrogens with zero attached hydrogens (tertiary/aromatic N) is 2. The average Bonchev–Trinajstić information content (AvgIpc) is 3.87. The molecule has 1 aliphatic heterocycles. The summed E-state index contributed by atoms with van der Waals surface area (Å²) in [6.07, 6.45) is 6.86. The van der Waals surface area contributed by atoms with Gasteiger partial charge in [0.1, 0.15) is 21.8 Å². The van der Waals surface area contributed by atoms with Crippen LogP contribution in [-0.4, -0.2) is 67.6 Å². The Morgan fingerprint density at radius 3 is 2.38 bits per heavy atom. The van der Waals surface area contributed by atoms with Crippen molar-refractivity contribution < 1.29 is 44.0 Å². The molecule has 3 heterocycles. The Bertz CT molecular complexity index is 1910. The lowest BCUT2D eigenvalue weighted by Gasteiger charge is -2.29. The fraction of sp³-hybridized carbons (Fsp3) is 0.410. The van der Waals surface area contributed by atoms with Crippen molar-refractivity contribution in [2.75, 3.05) is 40.5 Å². The van der Waals surface area contributed by atoms with Crippen LogP contribution in [0.4, 0.5) is 0 Å². The minimum atomic E-state index is -1.36. The molecule has 4 aromatic rings. The third-order valence-corrected chi connectivity index (χ3v) is 11.6. The van der Waals surface area contributed by atoms with E-state index in [0.717, 1.165) is 60.4 Å². The lowest BCUT2D eigenvalue weighted by atomic mass is 9.85. The number of hydrogen-bond donors (Lipinski definition) is 3. The Labute approximate surface area is 322 Å². The topological polar surface area (TPSA) is 144 Å². The zero-order valence-corrected chi connectivity index (χ0v) is 31.9. The van der Waals surface area contributed by atoms with Crippen LogP contribution in [0.25, 0.3) is 0 Å². The number of phenolic OH excluding ortho intramolecular Hbond substituents is 1. The molecule has 1 saturated heterocycles. The molecule has 2 fully saturated rings. The van der Waals surface area contributed by atoms with Gasteiger partial charge in [0.2, 0.25) is 12.4 Å². The molecule has 1 saturated carbocycles. The zero-order chi connectivity index (χ0) is 37.6. The molecule has 2 aliphatic rings. The van der Waals surface area contributed by atoms with Crippen LogP contribution in [0.5, 0.6) is 17.2 Å². The van der Waals surface area contributed by atoms with Crippen molar-refractivity contribution in [1.29, 1.82) is 0 Å². The van der Waals surface area contributed by atoms with Crippen LogP contribution in [0.3, 0.4) is 0 Å². The lowest BCUT2D eigenvalue weighted by Crippen LogP contribution is -2.34. The maximum atomic E-state index is 13.6. The summed E-state index contributed by atoms with van der Waals surface area (Å²) in [5.74, 6) is -0.638. The number of piperidine rings is 1. The molecule has 282 valence electrons. The number of ether oxygens (including phenoxy) is 3. The van der Waals surface area contributed by atoms with Crippen molar-refractivity contribution in [2.24, 2.45) is 11.8 Å². The van der Waals surface area contributed by atoms with Gasteiger partial charge in [-0.3, -0.25) is 10.5 Å². The standard InChI is InChI=1S/C39H43Cl2N3O8S/c1-43-12-10-24(11-13-43)22-52-39(48)36(26-4-3-5-27(45)14-26)42-18-28-16-30(37(53-28)38(46)47)29(17-31-32(40)19-44(49)20-33(31)41)25-8-9-34(50-2)35(15-25)51-21-23-6-7-23/h3-5,8-9,14-16,19-20,23-24,29,36,42H,6-7,10-13,17-18,21-22H2,1-2H3,(H2-,45,46,47,49). The molecule has 0 bridgehead atoms. The maximum absolute atomic E-state index is 13.6. The van der Waals surface area contributed by atoms with Crippen molar-refractivity contribution in [3.8, 4) is 17.2 Å². The van der Waals surface area contributed by atoms with Crippen LogP contribution >= 0.6 is 34.5 Å². The molecular formula is C39H43Cl2N3O8S. The van der Waals surface area contributed by atoms with Crippen molar-refractivity contribution >= 4 is 46.5 Å². The van der Waals surface area contributed by atoms with Gasteiger partial charge in [0.25, 0.3) is 0 Å². The second-order valence-corrected chi connectivity index (χ2v) is 15.8. The molecule has 1 aliphatic carbocycles. The number of nitrogens with one attached hydrogen (secondary N) is 1. The molecule has 11 nitrogen and oxygen atoms in total. The number of hydrogen-bond acceptors (Lipinski definition) is 11. The Hall–Kier alpha value is -4.07. The van der Waals surface area contributed by atoms with E-state index < -0.39 is 23.9 Å². The third kappa shape index (κ3) is 9.93. The number of carboxylic acid groups (broad SMARTS) is 1. The first kappa shape index (κ1) is 38.6. The molecule has 2 atom stereocenters. The molecule has 53 heavy (non-hydrogen) atoms. The fourth-order valence-corrected chi connectivity index (χ4v) is 8.19. The van der Waals surface area contributed by atoms with Crippen LogP contribution in [0.1, 0.15) is 74.4 Å². The molecular weight excluding hydrogens is 741 g/mol. The normalized spacial score (nSPS) is 16.2. The van der Waals surface area contributed by atoms with Crippen molar-refractivity contribution in [3.05, 3.63) is 103 Å². The van der Waals surface area contributed by atoms with Gasteiger partial charge in [-0.2, -0.15) is 0 Å². The highest BCUT2D eigenvalue weighted by Gasteiger charge is 2.29. The van der Waals surface area contributed by atoms with Crippen LogP contribution in [0.2, 0.25) is 10.0 Å². The van der Waals surface area contributed by atoms with E-state index in [1.54, 1.807) is 31.4 Å². The minimum Gasteiger partial charge on any atom is -0.544 e. The van der Waals surface area contributed by atoms with Gasteiger partial charge in [0.15, 0.2) is 11.5 Å². The fourth-order valence-electron chi connectivity index (χ4n) is 6.58. The van der Waals surface area contributed by atoms with E-state index in [0.29, 0.717) is 52.2 Å². The summed E-state index contributed by atoms with van der Waals surface area (Å²) < 4.78 is 18.3. The first-order valence-corrected chi connectivity index (χ1v) is 19.2. The lowest BCUT2D eigenvalue weighted by molar-refractivity contribution is -0.904. The van der Waals surface area contributed by atoms with Crippen molar-refractivity contribution in [1.82, 2.24) is 10.2 Å². The Kier molecular flexibility index (Phi) is 12.7. The summed E-state index contributed by atoms with van der Waals surface area (Å²) in [6, 6.07) is 12.7. The SMILES string of the molecule is COc1ccc(C(Cc2c(Cl)c[n+](O)cc2Cl)c2cc(CNC(C(=O)OCC3CCN(C)CC3)c3cccc(O)c3)sc2C(=O)[O-])cc1OCC1CC1. The monoisotopic (exact) mass is 783 g/mol. The van der Waals surface area contributed by atoms with Gasteiger partial charge < -0.3 is 34.1 Å². The van der Waals surface area contributed by atoms with Gasteiger partial charge in [0, 0.05) is 27.6 Å². The van der Waals surface area contributed by atoms with E-state index in [2.05, 4.69) is 17.3 Å². The van der Waals surface area contributed by atoms with E-state index in [1.165, 1.54) is 24.5 Å². The van der Waals surface area contributed by atoms with E-state index in [-0.39, 0.29) is 39.6 Å². The van der Waals surface area contributed by atoms with Crippen molar-refractivity contribution in [3.63, 3.8) is 0 Å². The number of phenols is 1. The van der Waals surface area contributed by atoms with Crippen LogP contribution in [-0.2, 0) is 22.5 Å². The highest BCUT2D eigenvalue weighted by Crippen LogP contribution is 2.41. The molecule has 2 aromatic carbocycles. The quantitative estimate of drug-likeness (QED) is 0.0754. The number of halogens is 2. The van der Waals surface area contributed by atoms with Gasteiger partial charge in [-0.25, -0.2) is 4.79 Å². The summed E-state index contributed by atoms with van der Waals surface area (Å²) in [7, 11) is 3.63. The number of pyridine rings is 1. The third-order valence-electron chi connectivity index (χ3n) is 9.83. The average molecular weight is 785 g/mol. The highest BCUT2D eigenvalue weighted by molar-refractivity contribution is 7.14. The first-order valence-electron chi connectivity index (χ1n) is 17.6.